The molecule has 1 atom stereocenters. The highest BCUT2D eigenvalue weighted by Crippen LogP contribution is 2.22. The Bertz CT molecular complexity index is 513. The second kappa shape index (κ2) is 4.94. The van der Waals surface area contributed by atoms with Crippen LogP contribution >= 0.6 is 15.9 Å². The number of hydrogen-bond donors (Lipinski definition) is 2. The van der Waals surface area contributed by atoms with Gasteiger partial charge in [-0.3, -0.25) is 9.69 Å². The third-order valence-corrected chi connectivity index (χ3v) is 3.58. The van der Waals surface area contributed by atoms with Gasteiger partial charge in [0.25, 0.3) is 5.91 Å². The number of nitrogens with zero attached hydrogens (tertiary/aromatic N) is 1. The Morgan fingerprint density at radius 3 is 2.37 bits per heavy atom. The quantitative estimate of drug-likeness (QED) is 0.832. The van der Waals surface area contributed by atoms with Gasteiger partial charge in [0.1, 0.15) is 5.54 Å². The molecule has 19 heavy (non-hydrogen) atoms. The Morgan fingerprint density at radius 2 is 1.89 bits per heavy atom. The molecule has 102 valence electrons. The summed E-state index contributed by atoms with van der Waals surface area (Å²) in [6.45, 7) is 3.23. The second-order valence-corrected chi connectivity index (χ2v) is 5.95. The topological polar surface area (TPSA) is 69.6 Å². The minimum Gasteiger partial charge on any atom is -0.387 e. The Hall–Kier alpha value is -1.40. The van der Waals surface area contributed by atoms with Crippen LogP contribution in [-0.4, -0.2) is 34.0 Å². The summed E-state index contributed by atoms with van der Waals surface area (Å²) in [5.41, 5.74) is -0.246. The molecule has 1 aromatic carbocycles. The van der Waals surface area contributed by atoms with E-state index in [1.165, 1.54) is 0 Å². The first-order valence-electron chi connectivity index (χ1n) is 5.89. The fourth-order valence-corrected chi connectivity index (χ4v) is 2.21. The number of carbonyl (C=O) groups is 2. The highest BCUT2D eigenvalue weighted by molar-refractivity contribution is 9.10. The Balaban J connectivity index is 2.11. The lowest BCUT2D eigenvalue weighted by atomic mass is 10.1. The number of β-amino-alcohol motifs (C(OH)–C–C–N with tert-alkyl or cyclic N) is 1. The average Bonchev–Trinajstić information content (AvgIpc) is 2.52. The normalized spacial score (nSPS) is 19.5. The van der Waals surface area contributed by atoms with Gasteiger partial charge in [0.15, 0.2) is 0 Å². The van der Waals surface area contributed by atoms with Crippen molar-refractivity contribution in [2.75, 3.05) is 6.54 Å². The lowest BCUT2D eigenvalue weighted by molar-refractivity contribution is -0.131. The van der Waals surface area contributed by atoms with E-state index in [4.69, 9.17) is 0 Å². The molecule has 6 heteroatoms. The van der Waals surface area contributed by atoms with Crippen LogP contribution in [0.2, 0.25) is 0 Å². The molecule has 1 heterocycles. The Kier molecular flexibility index (Phi) is 3.64. The van der Waals surface area contributed by atoms with Crippen LogP contribution in [0.15, 0.2) is 28.7 Å². The molecule has 5 nitrogen and oxygen atoms in total. The summed E-state index contributed by atoms with van der Waals surface area (Å²) in [5, 5.41) is 12.7. The first kappa shape index (κ1) is 14.0. The summed E-state index contributed by atoms with van der Waals surface area (Å²) in [6, 6.07) is 6.63. The van der Waals surface area contributed by atoms with Crippen molar-refractivity contribution < 1.29 is 14.7 Å². The third kappa shape index (κ3) is 2.79. The highest BCUT2D eigenvalue weighted by atomic mass is 79.9. The maximum atomic E-state index is 12.0. The molecular formula is C13H15BrN2O3. The van der Waals surface area contributed by atoms with Gasteiger partial charge in [-0.2, -0.15) is 0 Å². The lowest BCUT2D eigenvalue weighted by Crippen LogP contribution is -2.40. The van der Waals surface area contributed by atoms with Gasteiger partial charge < -0.3 is 10.4 Å². The van der Waals surface area contributed by atoms with E-state index in [1.807, 2.05) is 0 Å². The largest absolute Gasteiger partial charge is 0.387 e. The minimum absolute atomic E-state index is 0.0459. The van der Waals surface area contributed by atoms with E-state index >= 15 is 0 Å². The van der Waals surface area contributed by atoms with Gasteiger partial charge in [-0.1, -0.05) is 28.1 Å². The van der Waals surface area contributed by atoms with Crippen molar-refractivity contribution in [1.82, 2.24) is 10.2 Å². The minimum atomic E-state index is -0.906. The number of carbonyl (C=O) groups excluding carboxylic acids is 2. The molecule has 2 rings (SSSR count). The zero-order chi connectivity index (χ0) is 14.2. The SMILES string of the molecule is CC1(C)NC(=O)N(C[C@@H](O)c2ccc(Br)cc2)C1=O. The molecule has 0 aliphatic carbocycles. The number of aliphatic hydroxyl groups is 1. The van der Waals surface area contributed by atoms with Gasteiger partial charge in [-0.25, -0.2) is 4.79 Å². The number of urea groups is 1. The predicted molar refractivity (Wildman–Crippen MR) is 73.4 cm³/mol. The first-order valence-corrected chi connectivity index (χ1v) is 6.68. The summed E-state index contributed by atoms with van der Waals surface area (Å²) in [6.07, 6.45) is -0.892. The number of hydrogen-bond acceptors (Lipinski definition) is 3. The molecule has 3 amide bonds. The van der Waals surface area contributed by atoms with Crippen LogP contribution < -0.4 is 5.32 Å². The van der Waals surface area contributed by atoms with Gasteiger partial charge >= 0.3 is 6.03 Å². The number of amides is 3. The van der Waals surface area contributed by atoms with Gasteiger partial charge in [0.2, 0.25) is 0 Å². The maximum Gasteiger partial charge on any atom is 0.325 e. The van der Waals surface area contributed by atoms with Crippen LogP contribution in [0.4, 0.5) is 4.79 Å². The number of rotatable bonds is 3. The van der Waals surface area contributed by atoms with E-state index < -0.39 is 17.7 Å². The van der Waals surface area contributed by atoms with E-state index in [0.717, 1.165) is 9.37 Å². The Morgan fingerprint density at radius 1 is 1.32 bits per heavy atom. The molecule has 1 saturated heterocycles. The van der Waals surface area contributed by atoms with Gasteiger partial charge in [-0.05, 0) is 31.5 Å². The van der Waals surface area contributed by atoms with Crippen molar-refractivity contribution in [1.29, 1.82) is 0 Å². The van der Waals surface area contributed by atoms with Crippen LogP contribution in [0.1, 0.15) is 25.5 Å². The van der Waals surface area contributed by atoms with Crippen LogP contribution in [0.5, 0.6) is 0 Å². The van der Waals surface area contributed by atoms with Crippen LogP contribution in [0, 0.1) is 0 Å². The maximum absolute atomic E-state index is 12.0. The third-order valence-electron chi connectivity index (χ3n) is 3.05. The summed E-state index contributed by atoms with van der Waals surface area (Å²) in [7, 11) is 0. The van der Waals surface area contributed by atoms with Crippen LogP contribution in [0.3, 0.4) is 0 Å². The molecular weight excluding hydrogens is 312 g/mol. The van der Waals surface area contributed by atoms with E-state index in [1.54, 1.807) is 38.1 Å². The molecule has 2 N–H and O–H groups in total. The average molecular weight is 327 g/mol. The molecule has 1 aromatic rings. The van der Waals surface area contributed by atoms with Crippen molar-refractivity contribution in [3.05, 3.63) is 34.3 Å². The van der Waals surface area contributed by atoms with Gasteiger partial charge in [0, 0.05) is 4.47 Å². The number of imide groups is 1. The number of nitrogens with one attached hydrogen (secondary N) is 1. The first-order chi connectivity index (χ1) is 8.81. The molecule has 0 spiro atoms. The summed E-state index contributed by atoms with van der Waals surface area (Å²) in [4.78, 5) is 24.7. The van der Waals surface area contributed by atoms with Crippen molar-refractivity contribution in [2.24, 2.45) is 0 Å². The molecule has 0 radical (unpaired) electrons. The van der Waals surface area contributed by atoms with Gasteiger partial charge in [0.05, 0.1) is 12.6 Å². The molecule has 0 bridgehead atoms. The van der Waals surface area contributed by atoms with Crippen LogP contribution in [0.25, 0.3) is 0 Å². The zero-order valence-electron chi connectivity index (χ0n) is 10.7. The van der Waals surface area contributed by atoms with Crippen molar-refractivity contribution in [3.63, 3.8) is 0 Å². The van der Waals surface area contributed by atoms with E-state index in [0.29, 0.717) is 5.56 Å². The summed E-state index contributed by atoms with van der Waals surface area (Å²) < 4.78 is 0.902. The van der Waals surface area contributed by atoms with E-state index in [9.17, 15) is 14.7 Å². The predicted octanol–water partition coefficient (Wildman–Crippen LogP) is 1.81. The summed E-state index contributed by atoms with van der Waals surface area (Å²) in [5.74, 6) is -0.325. The number of halogens is 1. The lowest BCUT2D eigenvalue weighted by Gasteiger charge is -2.19. The summed E-state index contributed by atoms with van der Waals surface area (Å²) >= 11 is 3.31. The molecule has 0 saturated carbocycles. The standard InChI is InChI=1S/C13H15BrN2O3/c1-13(2)11(18)16(12(19)15-13)7-10(17)8-3-5-9(14)6-4-8/h3-6,10,17H,7H2,1-2H3,(H,15,19)/t10-/m1/s1. The smallest absolute Gasteiger partial charge is 0.325 e. The number of aliphatic hydroxyl groups excluding tert-OH is 1. The molecule has 1 aliphatic rings. The molecule has 0 unspecified atom stereocenters. The Labute approximate surface area is 119 Å². The molecule has 1 aliphatic heterocycles. The second-order valence-electron chi connectivity index (χ2n) is 5.04. The van der Waals surface area contributed by atoms with Crippen molar-refractivity contribution in [2.45, 2.75) is 25.5 Å². The van der Waals surface area contributed by atoms with Crippen molar-refractivity contribution in [3.8, 4) is 0 Å². The van der Waals surface area contributed by atoms with Crippen molar-refractivity contribution >= 4 is 27.9 Å². The van der Waals surface area contributed by atoms with E-state index in [2.05, 4.69) is 21.2 Å². The fraction of sp³-hybridized carbons (Fsp3) is 0.385. The van der Waals surface area contributed by atoms with Crippen LogP contribution in [-0.2, 0) is 4.79 Å². The highest BCUT2D eigenvalue weighted by Gasteiger charge is 2.44. The molecule has 0 aromatic heterocycles. The number of benzene rings is 1. The van der Waals surface area contributed by atoms with E-state index in [-0.39, 0.29) is 12.5 Å². The monoisotopic (exact) mass is 326 g/mol. The van der Waals surface area contributed by atoms with Gasteiger partial charge in [-0.15, -0.1) is 0 Å². The fourth-order valence-electron chi connectivity index (χ4n) is 1.95. The molecule has 1 fully saturated rings. The zero-order valence-corrected chi connectivity index (χ0v) is 12.3.